The van der Waals surface area contributed by atoms with Gasteiger partial charge in [-0.3, -0.25) is 0 Å². The van der Waals surface area contributed by atoms with E-state index < -0.39 is 0 Å². The predicted molar refractivity (Wildman–Crippen MR) is 59.0 cm³/mol. The molecule has 0 aliphatic heterocycles. The zero-order chi connectivity index (χ0) is 10.3. The lowest BCUT2D eigenvalue weighted by molar-refractivity contribution is 0.125. The summed E-state index contributed by atoms with van der Waals surface area (Å²) in [5.74, 6) is 0.612. The van der Waals surface area contributed by atoms with E-state index in [4.69, 9.17) is 0 Å². The number of hydrogen-bond donors (Lipinski definition) is 1. The Bertz CT molecular complexity index is 290. The van der Waals surface area contributed by atoms with Gasteiger partial charge in [0.05, 0.1) is 6.10 Å². The highest BCUT2D eigenvalue weighted by Crippen LogP contribution is 2.48. The van der Waals surface area contributed by atoms with Crippen LogP contribution in [0.5, 0.6) is 0 Å². The maximum atomic E-state index is 9.90. The van der Waals surface area contributed by atoms with Crippen molar-refractivity contribution in [3.8, 4) is 0 Å². The third-order valence-corrected chi connectivity index (χ3v) is 4.12. The first-order valence-corrected chi connectivity index (χ1v) is 5.54. The third kappa shape index (κ3) is 1.54. The van der Waals surface area contributed by atoms with E-state index in [0.29, 0.717) is 5.92 Å². The van der Waals surface area contributed by atoms with Crippen molar-refractivity contribution in [1.29, 1.82) is 0 Å². The molecule has 14 heavy (non-hydrogen) atoms. The molecule has 0 amide bonds. The van der Waals surface area contributed by atoms with Crippen molar-refractivity contribution in [3.05, 3.63) is 23.8 Å². The van der Waals surface area contributed by atoms with Gasteiger partial charge < -0.3 is 5.11 Å². The second-order valence-electron chi connectivity index (χ2n) is 5.30. The highest BCUT2D eigenvalue weighted by molar-refractivity contribution is 5.22. The van der Waals surface area contributed by atoms with Crippen molar-refractivity contribution >= 4 is 0 Å². The Morgan fingerprint density at radius 2 is 2.21 bits per heavy atom. The Hall–Kier alpha value is -0.560. The molecule has 78 valence electrons. The topological polar surface area (TPSA) is 20.2 Å². The molecule has 0 aromatic carbocycles. The zero-order valence-corrected chi connectivity index (χ0v) is 9.21. The van der Waals surface area contributed by atoms with E-state index in [1.54, 1.807) is 0 Å². The molecule has 3 atom stereocenters. The minimum absolute atomic E-state index is 0.182. The number of aliphatic hydroxyl groups excluding tert-OH is 1. The van der Waals surface area contributed by atoms with Crippen LogP contribution >= 0.6 is 0 Å². The van der Waals surface area contributed by atoms with E-state index in [0.717, 1.165) is 19.3 Å². The van der Waals surface area contributed by atoms with Crippen LogP contribution in [0.4, 0.5) is 0 Å². The second kappa shape index (κ2) is 3.23. The first-order valence-electron chi connectivity index (χ1n) is 5.54. The lowest BCUT2D eigenvalue weighted by Crippen LogP contribution is -2.26. The van der Waals surface area contributed by atoms with E-state index in [9.17, 15) is 5.11 Å². The number of rotatable bonds is 0. The highest BCUT2D eigenvalue weighted by Gasteiger charge is 2.38. The van der Waals surface area contributed by atoms with Crippen LogP contribution in [0.1, 0.15) is 39.5 Å². The van der Waals surface area contributed by atoms with E-state index >= 15 is 0 Å². The number of allylic oxidation sites excluding steroid dienone is 2. The van der Waals surface area contributed by atoms with E-state index in [1.807, 2.05) is 0 Å². The van der Waals surface area contributed by atoms with Crippen LogP contribution < -0.4 is 0 Å². The second-order valence-corrected chi connectivity index (χ2v) is 5.30. The zero-order valence-electron chi connectivity index (χ0n) is 9.21. The van der Waals surface area contributed by atoms with E-state index in [-0.39, 0.29) is 11.5 Å². The van der Waals surface area contributed by atoms with Crippen LogP contribution in [0.15, 0.2) is 23.8 Å². The van der Waals surface area contributed by atoms with Gasteiger partial charge >= 0.3 is 0 Å². The Balaban J connectivity index is 2.34. The Labute approximate surface area is 86.5 Å². The summed E-state index contributed by atoms with van der Waals surface area (Å²) < 4.78 is 0. The van der Waals surface area contributed by atoms with Crippen molar-refractivity contribution in [2.75, 3.05) is 0 Å². The molecule has 0 heterocycles. The van der Waals surface area contributed by atoms with Gasteiger partial charge in [-0.15, -0.1) is 0 Å². The summed E-state index contributed by atoms with van der Waals surface area (Å²) in [5.41, 5.74) is 2.94. The average molecular weight is 192 g/mol. The summed E-state index contributed by atoms with van der Waals surface area (Å²) >= 11 is 0. The molecule has 2 bridgehead atoms. The van der Waals surface area contributed by atoms with Crippen LogP contribution in [0.3, 0.4) is 0 Å². The van der Waals surface area contributed by atoms with Crippen molar-refractivity contribution in [2.24, 2.45) is 11.3 Å². The molecule has 1 heteroatoms. The molecular weight excluding hydrogens is 172 g/mol. The smallest absolute Gasteiger partial charge is 0.0585 e. The Kier molecular flexibility index (Phi) is 2.30. The minimum Gasteiger partial charge on any atom is -0.393 e. The molecule has 0 spiro atoms. The molecule has 0 radical (unpaired) electrons. The van der Waals surface area contributed by atoms with Gasteiger partial charge in [0.15, 0.2) is 0 Å². The largest absolute Gasteiger partial charge is 0.393 e. The summed E-state index contributed by atoms with van der Waals surface area (Å²) in [7, 11) is 0. The lowest BCUT2D eigenvalue weighted by Gasteiger charge is -2.36. The molecular formula is C13H20O. The Morgan fingerprint density at radius 3 is 2.93 bits per heavy atom. The molecule has 2 rings (SSSR count). The summed E-state index contributed by atoms with van der Waals surface area (Å²) in [5, 5.41) is 9.90. The molecule has 0 unspecified atom stereocenters. The molecule has 0 aromatic rings. The average Bonchev–Trinajstić information content (AvgIpc) is 2.17. The maximum absolute atomic E-state index is 9.90. The van der Waals surface area contributed by atoms with Gasteiger partial charge in [0.1, 0.15) is 0 Å². The first-order chi connectivity index (χ1) is 6.51. The van der Waals surface area contributed by atoms with E-state index in [2.05, 4.69) is 26.5 Å². The summed E-state index contributed by atoms with van der Waals surface area (Å²) in [6, 6.07) is 0. The van der Waals surface area contributed by atoms with Crippen molar-refractivity contribution < 1.29 is 5.11 Å². The fraction of sp³-hybridized carbons (Fsp3) is 0.692. The lowest BCUT2D eigenvalue weighted by atomic mass is 9.69. The quantitative estimate of drug-likeness (QED) is 0.585. The molecule has 0 saturated heterocycles. The van der Waals surface area contributed by atoms with Crippen molar-refractivity contribution in [3.63, 3.8) is 0 Å². The normalized spacial score (nSPS) is 43.1. The van der Waals surface area contributed by atoms with E-state index in [1.165, 1.54) is 17.6 Å². The van der Waals surface area contributed by atoms with Gasteiger partial charge in [-0.25, -0.2) is 0 Å². The summed E-state index contributed by atoms with van der Waals surface area (Å²) in [4.78, 5) is 0. The van der Waals surface area contributed by atoms with Crippen LogP contribution in [-0.4, -0.2) is 11.2 Å². The molecule has 1 N–H and O–H groups in total. The number of hydrogen-bond acceptors (Lipinski definition) is 1. The van der Waals surface area contributed by atoms with Crippen LogP contribution in [0.25, 0.3) is 0 Å². The van der Waals surface area contributed by atoms with Gasteiger partial charge in [-0.05, 0) is 43.9 Å². The summed E-state index contributed by atoms with van der Waals surface area (Å²) in [6.45, 7) is 8.60. The molecule has 2 aliphatic carbocycles. The molecule has 2 aliphatic rings. The standard InChI is InChI=1S/C13H20O/c1-9-6-12(14)8-13(3)7-11(9)5-4-10(13)2/h4,11-12,14H,1,5-8H2,2-3H3/t11-,12+,13+/m1/s1. The SMILES string of the molecule is C=C1C[C@H](O)C[C@]2(C)C[C@H]1CC=C2C. The molecule has 1 saturated carbocycles. The highest BCUT2D eigenvalue weighted by atomic mass is 16.3. The van der Waals surface area contributed by atoms with Gasteiger partial charge in [0.2, 0.25) is 0 Å². The maximum Gasteiger partial charge on any atom is 0.0585 e. The fourth-order valence-electron chi connectivity index (χ4n) is 2.97. The first kappa shape index (κ1) is 9.97. The molecule has 1 fully saturated rings. The van der Waals surface area contributed by atoms with Gasteiger partial charge in [-0.1, -0.05) is 30.7 Å². The molecule has 1 nitrogen and oxygen atoms in total. The number of fused-ring (bicyclic) bond motifs is 2. The van der Waals surface area contributed by atoms with Crippen molar-refractivity contribution in [1.82, 2.24) is 0 Å². The van der Waals surface area contributed by atoms with Gasteiger partial charge in [0, 0.05) is 0 Å². The monoisotopic (exact) mass is 192 g/mol. The molecule has 0 aromatic heterocycles. The number of aliphatic hydroxyl groups is 1. The van der Waals surface area contributed by atoms with Gasteiger partial charge in [0.25, 0.3) is 0 Å². The van der Waals surface area contributed by atoms with Crippen LogP contribution in [0.2, 0.25) is 0 Å². The minimum atomic E-state index is -0.182. The van der Waals surface area contributed by atoms with Gasteiger partial charge in [-0.2, -0.15) is 0 Å². The summed E-state index contributed by atoms with van der Waals surface area (Å²) in [6.07, 6.45) is 6.20. The fourth-order valence-corrected chi connectivity index (χ4v) is 2.97. The van der Waals surface area contributed by atoms with Crippen LogP contribution in [-0.2, 0) is 0 Å². The Morgan fingerprint density at radius 1 is 1.50 bits per heavy atom. The van der Waals surface area contributed by atoms with Crippen molar-refractivity contribution in [2.45, 2.75) is 45.6 Å². The predicted octanol–water partition coefficient (Wildman–Crippen LogP) is 3.06. The van der Waals surface area contributed by atoms with Crippen LogP contribution in [0, 0.1) is 11.3 Å². The third-order valence-electron chi connectivity index (χ3n) is 4.12.